The fourth-order valence-electron chi connectivity index (χ4n) is 3.85. The number of hydrogen-bond acceptors (Lipinski definition) is 4. The summed E-state index contributed by atoms with van der Waals surface area (Å²) in [7, 11) is 0. The molecule has 32 heavy (non-hydrogen) atoms. The number of ether oxygens (including phenoxy) is 3. The number of unbranched alkanes of at least 4 members (excludes halogenated alkanes) is 10. The van der Waals surface area contributed by atoms with Gasteiger partial charge in [0.1, 0.15) is 6.10 Å². The maximum absolute atomic E-state index is 12.4. The van der Waals surface area contributed by atoms with E-state index in [2.05, 4.69) is 27.7 Å². The first-order chi connectivity index (χ1) is 15.4. The van der Waals surface area contributed by atoms with E-state index >= 15 is 0 Å². The third-order valence-electron chi connectivity index (χ3n) is 5.96. The van der Waals surface area contributed by atoms with Crippen molar-refractivity contribution in [2.45, 2.75) is 111 Å². The van der Waals surface area contributed by atoms with Gasteiger partial charge < -0.3 is 14.2 Å². The van der Waals surface area contributed by atoms with E-state index in [1.54, 1.807) is 0 Å². The van der Waals surface area contributed by atoms with Crippen molar-refractivity contribution in [3.05, 3.63) is 29.8 Å². The van der Waals surface area contributed by atoms with Crippen LogP contribution in [0.5, 0.6) is 11.5 Å². The largest absolute Gasteiger partial charge is 0.458 e. The zero-order chi connectivity index (χ0) is 23.2. The predicted molar refractivity (Wildman–Crippen MR) is 132 cm³/mol. The molecule has 4 nitrogen and oxygen atoms in total. The molecule has 0 radical (unpaired) electrons. The maximum Gasteiger partial charge on any atom is 0.306 e. The van der Waals surface area contributed by atoms with Crippen molar-refractivity contribution in [2.24, 2.45) is 5.41 Å². The quantitative estimate of drug-likeness (QED) is 0.202. The summed E-state index contributed by atoms with van der Waals surface area (Å²) < 4.78 is 16.6. The Morgan fingerprint density at radius 2 is 1.53 bits per heavy atom. The van der Waals surface area contributed by atoms with Gasteiger partial charge in [0, 0.05) is 11.8 Å². The molecule has 1 atom stereocenters. The molecule has 0 saturated carbocycles. The molecule has 0 saturated heterocycles. The molecule has 1 aliphatic heterocycles. The highest BCUT2D eigenvalue weighted by atomic mass is 16.7. The molecule has 1 heterocycles. The van der Waals surface area contributed by atoms with E-state index in [9.17, 15) is 4.79 Å². The average molecular weight is 445 g/mol. The first-order valence-electron chi connectivity index (χ1n) is 12.7. The highest BCUT2D eigenvalue weighted by molar-refractivity contribution is 5.70. The molecular formula is C28H44O4. The first kappa shape index (κ1) is 26.3. The number of esters is 1. The van der Waals surface area contributed by atoms with Crippen LogP contribution in [0.4, 0.5) is 0 Å². The van der Waals surface area contributed by atoms with E-state index in [0.29, 0.717) is 6.42 Å². The second kappa shape index (κ2) is 14.2. The Morgan fingerprint density at radius 3 is 2.16 bits per heavy atom. The lowest BCUT2D eigenvalue weighted by Crippen LogP contribution is -2.29. The number of carbonyl (C=O) groups is 1. The summed E-state index contributed by atoms with van der Waals surface area (Å²) in [5.74, 6) is 1.43. The van der Waals surface area contributed by atoms with E-state index in [1.165, 1.54) is 57.8 Å². The highest BCUT2D eigenvalue weighted by Crippen LogP contribution is 2.33. The van der Waals surface area contributed by atoms with E-state index < -0.39 is 0 Å². The van der Waals surface area contributed by atoms with Crippen LogP contribution in [0.25, 0.3) is 6.08 Å². The van der Waals surface area contributed by atoms with Gasteiger partial charge in [-0.15, -0.1) is 0 Å². The molecule has 1 aromatic rings. The Morgan fingerprint density at radius 1 is 0.938 bits per heavy atom. The number of benzene rings is 1. The van der Waals surface area contributed by atoms with Crippen LogP contribution < -0.4 is 9.47 Å². The van der Waals surface area contributed by atoms with Crippen LogP contribution in [0.2, 0.25) is 0 Å². The summed E-state index contributed by atoms with van der Waals surface area (Å²) >= 11 is 0. The van der Waals surface area contributed by atoms with Gasteiger partial charge in [-0.3, -0.25) is 4.79 Å². The Balaban J connectivity index is 1.65. The second-order valence-corrected chi connectivity index (χ2v) is 10.0. The Hall–Kier alpha value is -1.97. The Kier molecular flexibility index (Phi) is 11.7. The minimum Gasteiger partial charge on any atom is -0.458 e. The molecular weight excluding hydrogens is 400 g/mol. The summed E-state index contributed by atoms with van der Waals surface area (Å²) in [5.41, 5.74) is 0.838. The maximum atomic E-state index is 12.4. The SMILES string of the molecule is CCCCCCCCCCCCCC(=O)OC(C=Cc1ccc2c(c1)OCO2)C(C)(C)C. The van der Waals surface area contributed by atoms with Crippen LogP contribution in [0.1, 0.15) is 110 Å². The summed E-state index contributed by atoms with van der Waals surface area (Å²) in [5, 5.41) is 0. The molecule has 0 fully saturated rings. The van der Waals surface area contributed by atoms with Crippen molar-refractivity contribution in [3.8, 4) is 11.5 Å². The molecule has 1 aromatic carbocycles. The molecule has 0 aliphatic carbocycles. The van der Waals surface area contributed by atoms with Crippen molar-refractivity contribution < 1.29 is 19.0 Å². The molecule has 2 rings (SSSR count). The normalized spacial score (nSPS) is 14.1. The summed E-state index contributed by atoms with van der Waals surface area (Å²) in [6.45, 7) is 8.81. The minimum atomic E-state index is -0.270. The van der Waals surface area contributed by atoms with Gasteiger partial charge in [-0.1, -0.05) is 104 Å². The van der Waals surface area contributed by atoms with Gasteiger partial charge in [0.25, 0.3) is 0 Å². The Labute approximate surface area is 195 Å². The van der Waals surface area contributed by atoms with Gasteiger partial charge in [-0.2, -0.15) is 0 Å². The Bertz CT molecular complexity index is 702. The van der Waals surface area contributed by atoms with E-state index in [4.69, 9.17) is 14.2 Å². The van der Waals surface area contributed by atoms with Crippen molar-refractivity contribution in [3.63, 3.8) is 0 Å². The molecule has 1 aliphatic rings. The van der Waals surface area contributed by atoms with Gasteiger partial charge in [0.15, 0.2) is 11.5 Å². The van der Waals surface area contributed by atoms with Crippen LogP contribution in [-0.2, 0) is 9.53 Å². The number of hydrogen-bond donors (Lipinski definition) is 0. The summed E-state index contributed by atoms with van der Waals surface area (Å²) in [6.07, 6.45) is 18.3. The smallest absolute Gasteiger partial charge is 0.306 e. The first-order valence-corrected chi connectivity index (χ1v) is 12.7. The molecule has 0 spiro atoms. The van der Waals surface area contributed by atoms with Crippen molar-refractivity contribution >= 4 is 12.0 Å². The van der Waals surface area contributed by atoms with Crippen LogP contribution >= 0.6 is 0 Å². The molecule has 180 valence electrons. The third-order valence-corrected chi connectivity index (χ3v) is 5.96. The zero-order valence-electron chi connectivity index (χ0n) is 20.8. The lowest BCUT2D eigenvalue weighted by molar-refractivity contribution is -0.151. The lowest BCUT2D eigenvalue weighted by atomic mass is 9.88. The van der Waals surface area contributed by atoms with Gasteiger partial charge in [-0.05, 0) is 30.2 Å². The van der Waals surface area contributed by atoms with Gasteiger partial charge >= 0.3 is 5.97 Å². The lowest BCUT2D eigenvalue weighted by Gasteiger charge is -2.28. The standard InChI is InChI=1S/C28H44O4/c1-5-6-7-8-9-10-11-12-13-14-15-16-27(29)32-26(28(2,3)4)20-18-23-17-19-24-25(21-23)31-22-30-24/h17-21,26H,5-16,22H2,1-4H3. The van der Waals surface area contributed by atoms with E-state index in [0.717, 1.165) is 29.9 Å². The number of fused-ring (bicyclic) bond motifs is 1. The minimum absolute atomic E-state index is 0.101. The van der Waals surface area contributed by atoms with Gasteiger partial charge in [0.2, 0.25) is 6.79 Å². The van der Waals surface area contributed by atoms with Crippen LogP contribution in [0.3, 0.4) is 0 Å². The molecule has 1 unspecified atom stereocenters. The number of rotatable bonds is 15. The zero-order valence-corrected chi connectivity index (χ0v) is 20.8. The van der Waals surface area contributed by atoms with Crippen LogP contribution in [-0.4, -0.2) is 18.9 Å². The number of carbonyl (C=O) groups excluding carboxylic acids is 1. The van der Waals surface area contributed by atoms with E-state index in [1.807, 2.05) is 30.4 Å². The fourth-order valence-corrected chi connectivity index (χ4v) is 3.85. The molecule has 0 amide bonds. The monoisotopic (exact) mass is 444 g/mol. The highest BCUT2D eigenvalue weighted by Gasteiger charge is 2.26. The second-order valence-electron chi connectivity index (χ2n) is 10.0. The third kappa shape index (κ3) is 10.1. The van der Waals surface area contributed by atoms with Crippen LogP contribution in [0, 0.1) is 5.41 Å². The average Bonchev–Trinajstić information content (AvgIpc) is 3.22. The molecule has 4 heteroatoms. The van der Waals surface area contributed by atoms with Gasteiger partial charge in [-0.25, -0.2) is 0 Å². The predicted octanol–water partition coefficient (Wildman–Crippen LogP) is 8.09. The molecule has 0 aromatic heterocycles. The van der Waals surface area contributed by atoms with Crippen molar-refractivity contribution in [1.29, 1.82) is 0 Å². The molecule has 0 N–H and O–H groups in total. The summed E-state index contributed by atoms with van der Waals surface area (Å²) in [4.78, 5) is 12.4. The van der Waals surface area contributed by atoms with E-state index in [-0.39, 0.29) is 24.3 Å². The molecule has 0 bridgehead atoms. The van der Waals surface area contributed by atoms with Gasteiger partial charge in [0.05, 0.1) is 0 Å². The van der Waals surface area contributed by atoms with Crippen LogP contribution in [0.15, 0.2) is 24.3 Å². The van der Waals surface area contributed by atoms with Crippen molar-refractivity contribution in [1.82, 2.24) is 0 Å². The van der Waals surface area contributed by atoms with Crippen molar-refractivity contribution in [2.75, 3.05) is 6.79 Å². The summed E-state index contributed by atoms with van der Waals surface area (Å²) in [6, 6.07) is 5.84. The fraction of sp³-hybridized carbons (Fsp3) is 0.679. The topological polar surface area (TPSA) is 44.8 Å².